The van der Waals surface area contributed by atoms with Crippen molar-refractivity contribution < 1.29 is 10.2 Å². The van der Waals surface area contributed by atoms with Crippen LogP contribution in [0.4, 0.5) is 0 Å². The zero-order chi connectivity index (χ0) is 7.61. The molecular weight excluding hydrogens is 128 g/mol. The molecule has 0 bridgehead atoms. The molecule has 0 aromatic carbocycles. The predicted molar refractivity (Wildman–Crippen MR) is 39.6 cm³/mol. The van der Waals surface area contributed by atoms with Gasteiger partial charge in [0.15, 0.2) is 0 Å². The fourth-order valence-electron chi connectivity index (χ4n) is 1.23. The molecule has 1 rings (SSSR count). The molecule has 2 N–H and O–H groups in total. The van der Waals surface area contributed by atoms with E-state index in [0.717, 1.165) is 24.8 Å². The van der Waals surface area contributed by atoms with Crippen molar-refractivity contribution >= 4 is 0 Å². The summed E-state index contributed by atoms with van der Waals surface area (Å²) in [6, 6.07) is 0. The van der Waals surface area contributed by atoms with E-state index in [1.807, 2.05) is 0 Å². The fraction of sp³-hybridized carbons (Fsp3) is 0.750. The normalized spacial score (nSPS) is 21.8. The van der Waals surface area contributed by atoms with E-state index >= 15 is 0 Å². The minimum Gasteiger partial charge on any atom is -0.396 e. The lowest BCUT2D eigenvalue weighted by atomic mass is 9.74. The Morgan fingerprint density at radius 3 is 2.40 bits per heavy atom. The molecule has 2 heteroatoms. The van der Waals surface area contributed by atoms with E-state index in [1.54, 1.807) is 0 Å². The maximum atomic E-state index is 9.60. The molecule has 1 aliphatic carbocycles. The molecule has 58 valence electrons. The van der Waals surface area contributed by atoms with Crippen LogP contribution in [0.15, 0.2) is 12.2 Å². The molecule has 0 heterocycles. The second-order valence-corrected chi connectivity index (χ2v) is 2.96. The number of hydrogen-bond donors (Lipinski definition) is 2. The Labute approximate surface area is 61.2 Å². The van der Waals surface area contributed by atoms with Gasteiger partial charge in [-0.25, -0.2) is 0 Å². The average Bonchev–Trinajstić information content (AvgIpc) is 1.83. The van der Waals surface area contributed by atoms with Gasteiger partial charge in [-0.15, -0.1) is 0 Å². The quantitative estimate of drug-likeness (QED) is 0.573. The highest BCUT2D eigenvalue weighted by molar-refractivity contribution is 5.16. The third-order valence-electron chi connectivity index (χ3n) is 2.25. The lowest BCUT2D eigenvalue weighted by Gasteiger charge is -2.38. The van der Waals surface area contributed by atoms with Gasteiger partial charge in [0.25, 0.3) is 0 Å². The van der Waals surface area contributed by atoms with Crippen LogP contribution < -0.4 is 0 Å². The van der Waals surface area contributed by atoms with Crippen molar-refractivity contribution in [2.24, 2.45) is 0 Å². The Balaban J connectivity index is 2.39. The van der Waals surface area contributed by atoms with E-state index in [9.17, 15) is 5.11 Å². The van der Waals surface area contributed by atoms with E-state index < -0.39 is 5.60 Å². The van der Waals surface area contributed by atoms with Gasteiger partial charge in [-0.1, -0.05) is 6.58 Å². The van der Waals surface area contributed by atoms with Crippen molar-refractivity contribution in [1.29, 1.82) is 0 Å². The molecule has 0 aromatic heterocycles. The van der Waals surface area contributed by atoms with Crippen molar-refractivity contribution in [3.05, 3.63) is 12.2 Å². The number of aliphatic hydroxyl groups is 2. The van der Waals surface area contributed by atoms with Crippen molar-refractivity contribution in [2.75, 3.05) is 6.61 Å². The molecule has 1 aliphatic rings. The summed E-state index contributed by atoms with van der Waals surface area (Å²) in [5.41, 5.74) is 0.171. The second-order valence-electron chi connectivity index (χ2n) is 2.96. The molecule has 0 aromatic rings. The highest BCUT2D eigenvalue weighted by Crippen LogP contribution is 2.38. The van der Waals surface area contributed by atoms with Gasteiger partial charge in [-0.05, 0) is 31.3 Å². The number of hydrogen-bond acceptors (Lipinski definition) is 2. The van der Waals surface area contributed by atoms with Crippen molar-refractivity contribution in [3.8, 4) is 0 Å². The Kier molecular flexibility index (Phi) is 2.11. The molecule has 0 saturated heterocycles. The van der Waals surface area contributed by atoms with Crippen LogP contribution in [0.25, 0.3) is 0 Å². The lowest BCUT2D eigenvalue weighted by molar-refractivity contribution is -0.00157. The topological polar surface area (TPSA) is 40.5 Å². The SMILES string of the molecule is C=C(CCO)C1(O)CCC1. The first-order valence-corrected chi connectivity index (χ1v) is 3.70. The standard InChI is InChI=1S/C8H14O2/c1-7(3-6-9)8(10)4-2-5-8/h9-10H,1-6H2. The molecular formula is C8H14O2. The summed E-state index contributed by atoms with van der Waals surface area (Å²) in [7, 11) is 0. The van der Waals surface area contributed by atoms with Crippen LogP contribution in [0.2, 0.25) is 0 Å². The number of rotatable bonds is 3. The molecule has 0 spiro atoms. The van der Waals surface area contributed by atoms with Gasteiger partial charge < -0.3 is 10.2 Å². The summed E-state index contributed by atoms with van der Waals surface area (Å²) in [5.74, 6) is 0. The molecule has 0 radical (unpaired) electrons. The van der Waals surface area contributed by atoms with Gasteiger partial charge >= 0.3 is 0 Å². The molecule has 10 heavy (non-hydrogen) atoms. The summed E-state index contributed by atoms with van der Waals surface area (Å²) in [6.07, 6.45) is 3.27. The monoisotopic (exact) mass is 142 g/mol. The van der Waals surface area contributed by atoms with Gasteiger partial charge in [0.05, 0.1) is 5.60 Å². The first-order chi connectivity index (χ1) is 4.69. The highest BCUT2D eigenvalue weighted by Gasteiger charge is 2.36. The Morgan fingerprint density at radius 2 is 2.10 bits per heavy atom. The van der Waals surface area contributed by atoms with Gasteiger partial charge in [0.2, 0.25) is 0 Å². The van der Waals surface area contributed by atoms with E-state index in [2.05, 4.69) is 6.58 Å². The maximum Gasteiger partial charge on any atom is 0.0855 e. The molecule has 1 fully saturated rings. The van der Waals surface area contributed by atoms with E-state index in [0.29, 0.717) is 6.42 Å². The van der Waals surface area contributed by atoms with Gasteiger partial charge in [-0.2, -0.15) is 0 Å². The van der Waals surface area contributed by atoms with Gasteiger partial charge in [0, 0.05) is 6.61 Å². The summed E-state index contributed by atoms with van der Waals surface area (Å²) >= 11 is 0. The first kappa shape index (κ1) is 7.76. The van der Waals surface area contributed by atoms with E-state index in [1.165, 1.54) is 0 Å². The summed E-state index contributed by atoms with van der Waals surface area (Å²) < 4.78 is 0. The van der Waals surface area contributed by atoms with Crippen LogP contribution in [-0.4, -0.2) is 22.4 Å². The van der Waals surface area contributed by atoms with Crippen molar-refractivity contribution in [1.82, 2.24) is 0 Å². The minimum atomic E-state index is -0.622. The third-order valence-corrected chi connectivity index (χ3v) is 2.25. The smallest absolute Gasteiger partial charge is 0.0855 e. The van der Waals surface area contributed by atoms with E-state index in [4.69, 9.17) is 5.11 Å². The van der Waals surface area contributed by atoms with Crippen LogP contribution in [-0.2, 0) is 0 Å². The summed E-state index contributed by atoms with van der Waals surface area (Å²) in [5, 5.41) is 18.1. The summed E-state index contributed by atoms with van der Waals surface area (Å²) in [6.45, 7) is 3.83. The average molecular weight is 142 g/mol. The molecule has 0 amide bonds. The van der Waals surface area contributed by atoms with Crippen LogP contribution >= 0.6 is 0 Å². The van der Waals surface area contributed by atoms with E-state index in [-0.39, 0.29) is 6.61 Å². The van der Waals surface area contributed by atoms with Crippen molar-refractivity contribution in [2.45, 2.75) is 31.3 Å². The predicted octanol–water partition coefficient (Wildman–Crippen LogP) is 0.840. The van der Waals surface area contributed by atoms with Crippen LogP contribution in [0.5, 0.6) is 0 Å². The Hall–Kier alpha value is -0.340. The van der Waals surface area contributed by atoms with Gasteiger partial charge in [0.1, 0.15) is 0 Å². The maximum absolute atomic E-state index is 9.60. The largest absolute Gasteiger partial charge is 0.396 e. The fourth-order valence-corrected chi connectivity index (χ4v) is 1.23. The molecule has 1 saturated carbocycles. The molecule has 0 atom stereocenters. The molecule has 2 nitrogen and oxygen atoms in total. The lowest BCUT2D eigenvalue weighted by Crippen LogP contribution is -2.38. The first-order valence-electron chi connectivity index (χ1n) is 3.70. The second kappa shape index (κ2) is 2.72. The van der Waals surface area contributed by atoms with Crippen molar-refractivity contribution in [3.63, 3.8) is 0 Å². The Bertz CT molecular complexity index is 136. The minimum absolute atomic E-state index is 0.0984. The van der Waals surface area contributed by atoms with Crippen LogP contribution in [0.3, 0.4) is 0 Å². The molecule has 0 unspecified atom stereocenters. The summed E-state index contributed by atoms with van der Waals surface area (Å²) in [4.78, 5) is 0. The van der Waals surface area contributed by atoms with Gasteiger partial charge in [-0.3, -0.25) is 0 Å². The Morgan fingerprint density at radius 1 is 1.50 bits per heavy atom. The highest BCUT2D eigenvalue weighted by atomic mass is 16.3. The zero-order valence-electron chi connectivity index (χ0n) is 6.14. The third kappa shape index (κ3) is 1.22. The molecule has 0 aliphatic heterocycles. The van der Waals surface area contributed by atoms with Crippen LogP contribution in [0, 0.1) is 0 Å². The zero-order valence-corrected chi connectivity index (χ0v) is 6.14. The van der Waals surface area contributed by atoms with Crippen LogP contribution in [0.1, 0.15) is 25.7 Å². The number of aliphatic hydroxyl groups excluding tert-OH is 1.